The Morgan fingerprint density at radius 3 is 2.88 bits per heavy atom. The lowest BCUT2D eigenvalue weighted by atomic mass is 10.1. The standard InChI is InChI=1S/C15H18N6O3S/c1-24-14-11(3-2-6-16-14)19-15-17-9-12(21(22)23)13(20-15)18-10-4-7-25-8-5-10/h2-3,6,9-10H,4-5,7-8H2,1H3,(H2,17,18,19,20). The monoisotopic (exact) mass is 362 g/mol. The van der Waals surface area contributed by atoms with E-state index in [4.69, 9.17) is 4.74 Å². The molecule has 25 heavy (non-hydrogen) atoms. The minimum atomic E-state index is -0.478. The van der Waals surface area contributed by atoms with E-state index in [1.54, 1.807) is 18.3 Å². The molecule has 2 aromatic rings. The molecule has 0 saturated carbocycles. The van der Waals surface area contributed by atoms with Gasteiger partial charge in [-0.05, 0) is 36.5 Å². The molecule has 0 unspecified atom stereocenters. The fourth-order valence-electron chi connectivity index (χ4n) is 2.48. The Bertz CT molecular complexity index is 754. The van der Waals surface area contributed by atoms with Gasteiger partial charge in [-0.3, -0.25) is 10.1 Å². The summed E-state index contributed by atoms with van der Waals surface area (Å²) in [5.41, 5.74) is 0.445. The molecule has 1 aliphatic heterocycles. The summed E-state index contributed by atoms with van der Waals surface area (Å²) in [6.07, 6.45) is 4.71. The zero-order chi connectivity index (χ0) is 17.6. The predicted octanol–water partition coefficient (Wildman–Crippen LogP) is 2.84. The smallest absolute Gasteiger partial charge is 0.329 e. The van der Waals surface area contributed by atoms with E-state index in [0.29, 0.717) is 11.6 Å². The van der Waals surface area contributed by atoms with E-state index in [1.807, 2.05) is 11.8 Å². The van der Waals surface area contributed by atoms with Gasteiger partial charge in [0.25, 0.3) is 0 Å². The molecule has 0 aromatic carbocycles. The van der Waals surface area contributed by atoms with Crippen molar-refractivity contribution in [3.05, 3.63) is 34.6 Å². The first-order chi connectivity index (χ1) is 12.2. The Morgan fingerprint density at radius 1 is 1.36 bits per heavy atom. The van der Waals surface area contributed by atoms with Gasteiger partial charge in [-0.15, -0.1) is 0 Å². The van der Waals surface area contributed by atoms with Crippen molar-refractivity contribution < 1.29 is 9.66 Å². The minimum absolute atomic E-state index is 0.137. The Kier molecular flexibility index (Phi) is 5.49. The molecular formula is C15H18N6O3S. The predicted molar refractivity (Wildman–Crippen MR) is 96.7 cm³/mol. The summed E-state index contributed by atoms with van der Waals surface area (Å²) in [7, 11) is 1.51. The normalized spacial score (nSPS) is 14.8. The van der Waals surface area contributed by atoms with E-state index in [-0.39, 0.29) is 23.5 Å². The largest absolute Gasteiger partial charge is 0.480 e. The van der Waals surface area contributed by atoms with Crippen molar-refractivity contribution in [1.29, 1.82) is 0 Å². The highest BCUT2D eigenvalue weighted by Crippen LogP contribution is 2.28. The first-order valence-corrected chi connectivity index (χ1v) is 8.94. The second-order valence-electron chi connectivity index (χ2n) is 5.40. The van der Waals surface area contributed by atoms with Crippen molar-refractivity contribution in [3.8, 4) is 5.88 Å². The second kappa shape index (κ2) is 7.97. The number of pyridine rings is 1. The highest BCUT2D eigenvalue weighted by Gasteiger charge is 2.22. The van der Waals surface area contributed by atoms with Crippen LogP contribution in [0.2, 0.25) is 0 Å². The van der Waals surface area contributed by atoms with Crippen LogP contribution in [0.5, 0.6) is 5.88 Å². The van der Waals surface area contributed by atoms with Crippen LogP contribution in [-0.2, 0) is 0 Å². The summed E-state index contributed by atoms with van der Waals surface area (Å²) in [4.78, 5) is 23.2. The van der Waals surface area contributed by atoms with Crippen molar-refractivity contribution >= 4 is 34.9 Å². The van der Waals surface area contributed by atoms with Gasteiger partial charge >= 0.3 is 5.69 Å². The SMILES string of the molecule is COc1ncccc1Nc1ncc([N+](=O)[O-])c(NC2CCSCC2)n1. The van der Waals surface area contributed by atoms with Gasteiger partial charge in [0, 0.05) is 12.2 Å². The number of rotatable bonds is 6. The minimum Gasteiger partial charge on any atom is -0.480 e. The van der Waals surface area contributed by atoms with E-state index in [0.717, 1.165) is 24.3 Å². The number of ether oxygens (including phenoxy) is 1. The third kappa shape index (κ3) is 4.27. The second-order valence-corrected chi connectivity index (χ2v) is 6.63. The van der Waals surface area contributed by atoms with Gasteiger partial charge in [-0.2, -0.15) is 16.7 Å². The number of anilines is 3. The number of nitrogens with zero attached hydrogens (tertiary/aromatic N) is 4. The van der Waals surface area contributed by atoms with Crippen LogP contribution < -0.4 is 15.4 Å². The lowest BCUT2D eigenvalue weighted by molar-refractivity contribution is -0.384. The lowest BCUT2D eigenvalue weighted by Crippen LogP contribution is -2.25. The molecule has 132 valence electrons. The molecule has 0 bridgehead atoms. The van der Waals surface area contributed by atoms with Crippen LogP contribution in [0.15, 0.2) is 24.5 Å². The molecular weight excluding hydrogens is 344 g/mol. The van der Waals surface area contributed by atoms with E-state index in [9.17, 15) is 10.1 Å². The molecule has 3 heterocycles. The molecule has 2 aromatic heterocycles. The number of thioether (sulfide) groups is 1. The van der Waals surface area contributed by atoms with Crippen molar-refractivity contribution in [3.63, 3.8) is 0 Å². The first-order valence-electron chi connectivity index (χ1n) is 7.79. The van der Waals surface area contributed by atoms with E-state index in [1.165, 1.54) is 13.3 Å². The quantitative estimate of drug-likeness (QED) is 0.591. The topological polar surface area (TPSA) is 115 Å². The fourth-order valence-corrected chi connectivity index (χ4v) is 3.59. The number of nitro groups is 1. The molecule has 0 radical (unpaired) electrons. The van der Waals surface area contributed by atoms with Gasteiger partial charge in [0.15, 0.2) is 0 Å². The molecule has 2 N–H and O–H groups in total. The molecule has 1 fully saturated rings. The van der Waals surface area contributed by atoms with Gasteiger partial charge in [-0.1, -0.05) is 0 Å². The molecule has 0 atom stereocenters. The third-order valence-corrected chi connectivity index (χ3v) is 4.79. The average Bonchev–Trinajstić information content (AvgIpc) is 2.63. The highest BCUT2D eigenvalue weighted by molar-refractivity contribution is 7.99. The maximum absolute atomic E-state index is 11.3. The van der Waals surface area contributed by atoms with E-state index >= 15 is 0 Å². The number of nitrogens with one attached hydrogen (secondary N) is 2. The number of hydrogen-bond acceptors (Lipinski definition) is 9. The molecule has 10 heteroatoms. The zero-order valence-electron chi connectivity index (χ0n) is 13.6. The average molecular weight is 362 g/mol. The highest BCUT2D eigenvalue weighted by atomic mass is 32.2. The maximum atomic E-state index is 11.3. The van der Waals surface area contributed by atoms with Crippen LogP contribution >= 0.6 is 11.8 Å². The third-order valence-electron chi connectivity index (χ3n) is 3.74. The van der Waals surface area contributed by atoms with Gasteiger partial charge in [0.2, 0.25) is 17.6 Å². The van der Waals surface area contributed by atoms with Crippen LogP contribution in [0.3, 0.4) is 0 Å². The van der Waals surface area contributed by atoms with Crippen LogP contribution in [0.4, 0.5) is 23.1 Å². The molecule has 9 nitrogen and oxygen atoms in total. The van der Waals surface area contributed by atoms with Crippen LogP contribution in [-0.4, -0.2) is 44.5 Å². The lowest BCUT2D eigenvalue weighted by Gasteiger charge is -2.23. The van der Waals surface area contributed by atoms with Crippen molar-refractivity contribution in [2.24, 2.45) is 0 Å². The molecule has 3 rings (SSSR count). The molecule has 0 amide bonds. The molecule has 1 saturated heterocycles. The number of methoxy groups -OCH3 is 1. The summed E-state index contributed by atoms with van der Waals surface area (Å²) in [5, 5.41) is 17.4. The molecule has 1 aliphatic rings. The summed E-state index contributed by atoms with van der Waals surface area (Å²) in [5.74, 6) is 2.93. The number of aromatic nitrogens is 3. The van der Waals surface area contributed by atoms with Crippen LogP contribution in [0.1, 0.15) is 12.8 Å². The summed E-state index contributed by atoms with van der Waals surface area (Å²) >= 11 is 1.89. The van der Waals surface area contributed by atoms with Gasteiger partial charge < -0.3 is 15.4 Å². The van der Waals surface area contributed by atoms with Crippen LogP contribution in [0.25, 0.3) is 0 Å². The van der Waals surface area contributed by atoms with Crippen LogP contribution in [0, 0.1) is 10.1 Å². The Balaban J connectivity index is 1.85. The summed E-state index contributed by atoms with van der Waals surface area (Å²) in [6.45, 7) is 0. The maximum Gasteiger partial charge on any atom is 0.329 e. The molecule has 0 spiro atoms. The van der Waals surface area contributed by atoms with Gasteiger partial charge in [0.1, 0.15) is 11.9 Å². The van der Waals surface area contributed by atoms with Gasteiger partial charge in [-0.25, -0.2) is 9.97 Å². The van der Waals surface area contributed by atoms with Gasteiger partial charge in [0.05, 0.1) is 12.0 Å². The Hall–Kier alpha value is -2.62. The first kappa shape index (κ1) is 17.2. The molecule has 0 aliphatic carbocycles. The number of hydrogen-bond donors (Lipinski definition) is 2. The summed E-state index contributed by atoms with van der Waals surface area (Å²) < 4.78 is 5.18. The van der Waals surface area contributed by atoms with E-state index < -0.39 is 4.92 Å². The zero-order valence-corrected chi connectivity index (χ0v) is 14.5. The van der Waals surface area contributed by atoms with E-state index in [2.05, 4.69) is 25.6 Å². The van der Waals surface area contributed by atoms with Crippen molar-refractivity contribution in [2.45, 2.75) is 18.9 Å². The van der Waals surface area contributed by atoms with Crippen molar-refractivity contribution in [2.75, 3.05) is 29.2 Å². The summed E-state index contributed by atoms with van der Waals surface area (Å²) in [6, 6.07) is 3.69. The Morgan fingerprint density at radius 2 is 2.16 bits per heavy atom. The fraction of sp³-hybridized carbons (Fsp3) is 0.400. The van der Waals surface area contributed by atoms with Crippen molar-refractivity contribution in [1.82, 2.24) is 15.0 Å². The Labute approximate surface area is 148 Å².